The average Bonchev–Trinajstić information content (AvgIpc) is 2.16. The van der Waals surface area contributed by atoms with E-state index in [0.29, 0.717) is 0 Å². The lowest BCUT2D eigenvalue weighted by Crippen LogP contribution is -2.09. The summed E-state index contributed by atoms with van der Waals surface area (Å²) in [5, 5.41) is 1.05. The summed E-state index contributed by atoms with van der Waals surface area (Å²) in [7, 11) is 0. The topological polar surface area (TPSA) is 51.8 Å². The van der Waals surface area contributed by atoms with E-state index in [-0.39, 0.29) is 18.4 Å². The number of halogens is 1. The summed E-state index contributed by atoms with van der Waals surface area (Å²) in [6.45, 7) is 3.83. The molecule has 0 saturated heterocycles. The highest BCUT2D eigenvalue weighted by molar-refractivity contribution is 5.85. The molecule has 0 amide bonds. The molecule has 80 valence electrons. The van der Waals surface area contributed by atoms with Gasteiger partial charge in [-0.25, -0.2) is 9.97 Å². The number of aryl methyl sites for hydroxylation is 1. The van der Waals surface area contributed by atoms with Gasteiger partial charge in [0.2, 0.25) is 0 Å². The van der Waals surface area contributed by atoms with Gasteiger partial charge in [0.25, 0.3) is 0 Å². The molecular formula is C11H14ClN3. The lowest BCUT2D eigenvalue weighted by atomic mass is 10.1. The lowest BCUT2D eigenvalue weighted by molar-refractivity contribution is 0.779. The van der Waals surface area contributed by atoms with Crippen molar-refractivity contribution in [1.29, 1.82) is 0 Å². The SMILES string of the molecule is Cc1nc(C(C)N)c2ccccc2n1.Cl. The third-order valence-electron chi connectivity index (χ3n) is 2.18. The molecule has 2 rings (SSSR count). The summed E-state index contributed by atoms with van der Waals surface area (Å²) in [5.74, 6) is 0.774. The molecule has 0 spiro atoms. The minimum absolute atomic E-state index is 0. The molecule has 0 bridgehead atoms. The van der Waals surface area contributed by atoms with Gasteiger partial charge >= 0.3 is 0 Å². The number of benzene rings is 1. The Labute approximate surface area is 95.1 Å². The van der Waals surface area contributed by atoms with Gasteiger partial charge in [0.1, 0.15) is 5.82 Å². The molecular weight excluding hydrogens is 210 g/mol. The zero-order valence-electron chi connectivity index (χ0n) is 8.77. The van der Waals surface area contributed by atoms with Gasteiger partial charge in [-0.15, -0.1) is 12.4 Å². The normalized spacial score (nSPS) is 12.2. The van der Waals surface area contributed by atoms with Crippen LogP contribution < -0.4 is 5.73 Å². The van der Waals surface area contributed by atoms with Crippen LogP contribution in [0.5, 0.6) is 0 Å². The first-order valence-corrected chi connectivity index (χ1v) is 4.67. The van der Waals surface area contributed by atoms with E-state index in [1.807, 2.05) is 38.1 Å². The molecule has 1 unspecified atom stereocenters. The predicted octanol–water partition coefficient (Wildman–Crippen LogP) is 2.38. The van der Waals surface area contributed by atoms with Gasteiger partial charge in [-0.3, -0.25) is 0 Å². The van der Waals surface area contributed by atoms with Gasteiger partial charge in [-0.1, -0.05) is 18.2 Å². The standard InChI is InChI=1S/C11H13N3.ClH/c1-7(12)11-9-5-3-4-6-10(9)13-8(2)14-11;/h3-7H,12H2,1-2H3;1H. The summed E-state index contributed by atoms with van der Waals surface area (Å²) in [6.07, 6.45) is 0. The maximum atomic E-state index is 5.86. The highest BCUT2D eigenvalue weighted by Crippen LogP contribution is 2.19. The van der Waals surface area contributed by atoms with Crippen molar-refractivity contribution in [2.45, 2.75) is 19.9 Å². The highest BCUT2D eigenvalue weighted by atomic mass is 35.5. The zero-order chi connectivity index (χ0) is 10.1. The van der Waals surface area contributed by atoms with Crippen molar-refractivity contribution in [3.05, 3.63) is 35.8 Å². The Morgan fingerprint density at radius 2 is 1.87 bits per heavy atom. The van der Waals surface area contributed by atoms with Crippen molar-refractivity contribution in [2.75, 3.05) is 0 Å². The first-order valence-electron chi connectivity index (χ1n) is 4.67. The van der Waals surface area contributed by atoms with Crippen molar-refractivity contribution in [2.24, 2.45) is 5.73 Å². The second-order valence-electron chi connectivity index (χ2n) is 3.46. The van der Waals surface area contributed by atoms with Gasteiger partial charge in [0.15, 0.2) is 0 Å². The Hall–Kier alpha value is -1.19. The summed E-state index contributed by atoms with van der Waals surface area (Å²) in [4.78, 5) is 8.72. The van der Waals surface area contributed by atoms with Crippen LogP contribution in [0.1, 0.15) is 24.5 Å². The minimum atomic E-state index is -0.0541. The van der Waals surface area contributed by atoms with Crippen LogP contribution in [-0.4, -0.2) is 9.97 Å². The summed E-state index contributed by atoms with van der Waals surface area (Å²) >= 11 is 0. The Bertz CT molecular complexity index is 468. The van der Waals surface area contributed by atoms with Crippen molar-refractivity contribution in [1.82, 2.24) is 9.97 Å². The van der Waals surface area contributed by atoms with Crippen LogP contribution in [0.2, 0.25) is 0 Å². The number of nitrogens with zero attached hydrogens (tertiary/aromatic N) is 2. The van der Waals surface area contributed by atoms with Crippen molar-refractivity contribution in [3.8, 4) is 0 Å². The molecule has 4 heteroatoms. The van der Waals surface area contributed by atoms with Gasteiger partial charge in [-0.05, 0) is 19.9 Å². The van der Waals surface area contributed by atoms with Crippen molar-refractivity contribution in [3.63, 3.8) is 0 Å². The molecule has 2 aromatic rings. The van der Waals surface area contributed by atoms with E-state index < -0.39 is 0 Å². The summed E-state index contributed by atoms with van der Waals surface area (Å²) < 4.78 is 0. The van der Waals surface area contributed by atoms with E-state index >= 15 is 0 Å². The Balaban J connectivity index is 0.00000112. The van der Waals surface area contributed by atoms with Gasteiger partial charge in [-0.2, -0.15) is 0 Å². The number of aromatic nitrogens is 2. The summed E-state index contributed by atoms with van der Waals surface area (Å²) in [5.41, 5.74) is 7.75. The number of nitrogens with two attached hydrogens (primary N) is 1. The highest BCUT2D eigenvalue weighted by Gasteiger charge is 2.08. The van der Waals surface area contributed by atoms with Crippen LogP contribution >= 0.6 is 12.4 Å². The number of hydrogen-bond acceptors (Lipinski definition) is 3. The van der Waals surface area contributed by atoms with Gasteiger partial charge in [0, 0.05) is 11.4 Å². The van der Waals surface area contributed by atoms with E-state index in [4.69, 9.17) is 5.73 Å². The molecule has 1 atom stereocenters. The largest absolute Gasteiger partial charge is 0.323 e. The van der Waals surface area contributed by atoms with Crippen LogP contribution in [-0.2, 0) is 0 Å². The average molecular weight is 224 g/mol. The molecule has 0 aliphatic heterocycles. The maximum absolute atomic E-state index is 5.86. The molecule has 1 aromatic carbocycles. The van der Waals surface area contributed by atoms with Crippen LogP contribution in [0.3, 0.4) is 0 Å². The molecule has 3 nitrogen and oxygen atoms in total. The number of para-hydroxylation sites is 1. The number of hydrogen-bond donors (Lipinski definition) is 1. The predicted molar refractivity (Wildman–Crippen MR) is 64.1 cm³/mol. The first-order chi connectivity index (χ1) is 6.68. The van der Waals surface area contributed by atoms with Crippen molar-refractivity contribution >= 4 is 23.3 Å². The van der Waals surface area contributed by atoms with Crippen LogP contribution in [0, 0.1) is 6.92 Å². The van der Waals surface area contributed by atoms with Crippen LogP contribution in [0.25, 0.3) is 10.9 Å². The molecule has 0 fully saturated rings. The third kappa shape index (κ3) is 2.25. The molecule has 0 saturated carbocycles. The molecule has 0 aliphatic carbocycles. The molecule has 1 aromatic heterocycles. The Morgan fingerprint density at radius 1 is 1.20 bits per heavy atom. The molecule has 0 radical (unpaired) electrons. The molecule has 15 heavy (non-hydrogen) atoms. The minimum Gasteiger partial charge on any atom is -0.323 e. The van der Waals surface area contributed by atoms with Crippen LogP contribution in [0.4, 0.5) is 0 Å². The molecule has 2 N–H and O–H groups in total. The third-order valence-corrected chi connectivity index (χ3v) is 2.18. The van der Waals surface area contributed by atoms with E-state index in [2.05, 4.69) is 9.97 Å². The fourth-order valence-corrected chi connectivity index (χ4v) is 1.57. The molecule has 0 aliphatic rings. The molecule has 1 heterocycles. The smallest absolute Gasteiger partial charge is 0.126 e. The second kappa shape index (κ2) is 4.55. The fourth-order valence-electron chi connectivity index (χ4n) is 1.57. The van der Waals surface area contributed by atoms with E-state index in [0.717, 1.165) is 22.4 Å². The Kier molecular flexibility index (Phi) is 3.61. The fraction of sp³-hybridized carbons (Fsp3) is 0.273. The van der Waals surface area contributed by atoms with E-state index in [1.54, 1.807) is 0 Å². The second-order valence-corrected chi connectivity index (χ2v) is 3.46. The van der Waals surface area contributed by atoms with E-state index in [1.165, 1.54) is 0 Å². The quantitative estimate of drug-likeness (QED) is 0.808. The Morgan fingerprint density at radius 3 is 2.53 bits per heavy atom. The number of rotatable bonds is 1. The van der Waals surface area contributed by atoms with Crippen molar-refractivity contribution < 1.29 is 0 Å². The lowest BCUT2D eigenvalue weighted by Gasteiger charge is -2.09. The summed E-state index contributed by atoms with van der Waals surface area (Å²) in [6, 6.07) is 7.89. The van der Waals surface area contributed by atoms with Gasteiger partial charge < -0.3 is 5.73 Å². The first kappa shape index (κ1) is 11.9. The number of fused-ring (bicyclic) bond motifs is 1. The zero-order valence-corrected chi connectivity index (χ0v) is 9.58. The maximum Gasteiger partial charge on any atom is 0.126 e. The van der Waals surface area contributed by atoms with E-state index in [9.17, 15) is 0 Å². The van der Waals surface area contributed by atoms with Crippen LogP contribution in [0.15, 0.2) is 24.3 Å². The monoisotopic (exact) mass is 223 g/mol. The van der Waals surface area contributed by atoms with Gasteiger partial charge in [0.05, 0.1) is 11.2 Å².